The highest BCUT2D eigenvalue weighted by Crippen LogP contribution is 2.21. The van der Waals surface area contributed by atoms with Crippen LogP contribution in [-0.2, 0) is 13.1 Å². The van der Waals surface area contributed by atoms with Crippen LogP contribution in [0.15, 0.2) is 36.5 Å². The Bertz CT molecular complexity index is 704. The Kier molecular flexibility index (Phi) is 3.71. The molecule has 1 N–H and O–H groups in total. The van der Waals surface area contributed by atoms with Crippen LogP contribution in [0.3, 0.4) is 0 Å². The molecule has 104 valence electrons. The second-order valence-electron chi connectivity index (χ2n) is 4.86. The molecule has 0 radical (unpaired) electrons. The van der Waals surface area contributed by atoms with Crippen molar-refractivity contribution < 1.29 is 4.74 Å². The minimum Gasteiger partial charge on any atom is -0.480 e. The van der Waals surface area contributed by atoms with Crippen LogP contribution in [0.5, 0.6) is 5.88 Å². The fourth-order valence-electron chi connectivity index (χ4n) is 2.37. The molecule has 2 heterocycles. The van der Waals surface area contributed by atoms with Crippen LogP contribution < -0.4 is 4.74 Å². The molecule has 0 saturated heterocycles. The van der Waals surface area contributed by atoms with Gasteiger partial charge in [0.2, 0.25) is 5.88 Å². The standard InChI is InChI=1S/C15H17N3OS/c1-18(10-12-8-15(19-2)17-20-12)9-11-4-3-5-14-13(11)6-7-16-14/h3-8,16H,9-10H2,1-2H3. The van der Waals surface area contributed by atoms with E-state index in [0.29, 0.717) is 5.88 Å². The molecule has 0 aliphatic carbocycles. The van der Waals surface area contributed by atoms with Crippen LogP contribution in [0.25, 0.3) is 10.9 Å². The molecule has 0 fully saturated rings. The number of rotatable bonds is 5. The van der Waals surface area contributed by atoms with E-state index < -0.39 is 0 Å². The molecule has 0 unspecified atom stereocenters. The minimum absolute atomic E-state index is 0.700. The van der Waals surface area contributed by atoms with E-state index in [0.717, 1.165) is 13.1 Å². The number of ether oxygens (including phenoxy) is 1. The topological polar surface area (TPSA) is 41.1 Å². The lowest BCUT2D eigenvalue weighted by Gasteiger charge is -2.16. The highest BCUT2D eigenvalue weighted by molar-refractivity contribution is 7.05. The van der Waals surface area contributed by atoms with Gasteiger partial charge >= 0.3 is 0 Å². The molecule has 0 bridgehead atoms. The third kappa shape index (κ3) is 2.69. The Morgan fingerprint density at radius 3 is 3.00 bits per heavy atom. The first kappa shape index (κ1) is 13.1. The van der Waals surface area contributed by atoms with Gasteiger partial charge in [-0.25, -0.2) is 0 Å². The fourth-order valence-corrected chi connectivity index (χ4v) is 3.13. The Hall–Kier alpha value is -1.85. The van der Waals surface area contributed by atoms with Gasteiger partial charge in [0.25, 0.3) is 0 Å². The molecule has 3 rings (SSSR count). The highest BCUT2D eigenvalue weighted by Gasteiger charge is 2.08. The molecule has 0 aliphatic heterocycles. The number of hydrogen-bond acceptors (Lipinski definition) is 4. The Morgan fingerprint density at radius 2 is 2.20 bits per heavy atom. The van der Waals surface area contributed by atoms with Crippen LogP contribution in [0.4, 0.5) is 0 Å². The van der Waals surface area contributed by atoms with E-state index in [2.05, 4.69) is 45.6 Å². The first-order valence-corrected chi connectivity index (χ1v) is 7.26. The van der Waals surface area contributed by atoms with Crippen molar-refractivity contribution in [3.05, 3.63) is 47.0 Å². The number of benzene rings is 1. The predicted molar refractivity (Wildman–Crippen MR) is 82.1 cm³/mol. The van der Waals surface area contributed by atoms with Gasteiger partial charge in [0.1, 0.15) is 0 Å². The van der Waals surface area contributed by atoms with Crippen molar-refractivity contribution in [2.24, 2.45) is 0 Å². The average molecular weight is 287 g/mol. The summed E-state index contributed by atoms with van der Waals surface area (Å²) in [7, 11) is 3.77. The SMILES string of the molecule is COc1cc(CN(C)Cc2cccc3[nH]ccc23)sn1. The van der Waals surface area contributed by atoms with Crippen LogP contribution in [-0.4, -0.2) is 28.4 Å². The predicted octanol–water partition coefficient (Wildman–Crippen LogP) is 3.27. The van der Waals surface area contributed by atoms with E-state index >= 15 is 0 Å². The van der Waals surface area contributed by atoms with Crippen molar-refractivity contribution in [1.29, 1.82) is 0 Å². The first-order chi connectivity index (χ1) is 9.76. The van der Waals surface area contributed by atoms with Gasteiger partial charge in [0, 0.05) is 41.1 Å². The number of aromatic amines is 1. The fraction of sp³-hybridized carbons (Fsp3) is 0.267. The van der Waals surface area contributed by atoms with Gasteiger partial charge < -0.3 is 9.72 Å². The maximum atomic E-state index is 5.12. The molecular formula is C15H17N3OS. The number of methoxy groups -OCH3 is 1. The molecule has 2 aromatic heterocycles. The van der Waals surface area contributed by atoms with E-state index in [4.69, 9.17) is 4.74 Å². The number of H-pyrrole nitrogens is 1. The quantitative estimate of drug-likeness (QED) is 0.783. The molecule has 3 aromatic rings. The number of nitrogens with one attached hydrogen (secondary N) is 1. The molecule has 20 heavy (non-hydrogen) atoms. The smallest absolute Gasteiger partial charge is 0.225 e. The normalized spacial score (nSPS) is 11.3. The molecule has 4 nitrogen and oxygen atoms in total. The van der Waals surface area contributed by atoms with E-state index in [-0.39, 0.29) is 0 Å². The lowest BCUT2D eigenvalue weighted by atomic mass is 10.1. The van der Waals surface area contributed by atoms with E-state index in [1.807, 2.05) is 12.3 Å². The second kappa shape index (κ2) is 5.64. The molecular weight excluding hydrogens is 270 g/mol. The van der Waals surface area contributed by atoms with Gasteiger partial charge in [-0.3, -0.25) is 4.90 Å². The largest absolute Gasteiger partial charge is 0.480 e. The summed E-state index contributed by atoms with van der Waals surface area (Å²) >= 11 is 1.50. The van der Waals surface area contributed by atoms with E-state index in [9.17, 15) is 0 Å². The molecule has 5 heteroatoms. The third-order valence-electron chi connectivity index (χ3n) is 3.30. The second-order valence-corrected chi connectivity index (χ2v) is 5.75. The summed E-state index contributed by atoms with van der Waals surface area (Å²) in [6.07, 6.45) is 1.99. The van der Waals surface area contributed by atoms with Gasteiger partial charge in [-0.05, 0) is 36.3 Å². The number of fused-ring (bicyclic) bond motifs is 1. The third-order valence-corrected chi connectivity index (χ3v) is 4.05. The monoisotopic (exact) mass is 287 g/mol. The molecule has 0 saturated carbocycles. The van der Waals surface area contributed by atoms with E-state index in [1.54, 1.807) is 7.11 Å². The van der Waals surface area contributed by atoms with E-state index in [1.165, 1.54) is 32.9 Å². The zero-order valence-electron chi connectivity index (χ0n) is 11.6. The van der Waals surface area contributed by atoms with Crippen LogP contribution >= 0.6 is 11.5 Å². The van der Waals surface area contributed by atoms with Crippen LogP contribution in [0, 0.1) is 0 Å². The zero-order valence-corrected chi connectivity index (χ0v) is 12.4. The summed E-state index contributed by atoms with van der Waals surface area (Å²) < 4.78 is 9.34. The number of nitrogens with zero attached hydrogens (tertiary/aromatic N) is 2. The van der Waals surface area contributed by atoms with Crippen molar-refractivity contribution >= 4 is 22.4 Å². The van der Waals surface area contributed by atoms with Crippen LogP contribution in [0.2, 0.25) is 0 Å². The number of hydrogen-bond donors (Lipinski definition) is 1. The van der Waals surface area contributed by atoms with Crippen molar-refractivity contribution in [3.8, 4) is 5.88 Å². The molecule has 0 amide bonds. The number of aromatic nitrogens is 2. The van der Waals surface area contributed by atoms with Gasteiger partial charge in [-0.15, -0.1) is 0 Å². The Morgan fingerprint density at radius 1 is 1.30 bits per heavy atom. The van der Waals surface area contributed by atoms with Gasteiger partial charge in [-0.1, -0.05) is 12.1 Å². The summed E-state index contributed by atoms with van der Waals surface area (Å²) in [5, 5.41) is 1.29. The summed E-state index contributed by atoms with van der Waals surface area (Å²) in [5.41, 5.74) is 2.53. The lowest BCUT2D eigenvalue weighted by Crippen LogP contribution is -2.16. The van der Waals surface area contributed by atoms with Gasteiger partial charge in [0.15, 0.2) is 0 Å². The van der Waals surface area contributed by atoms with Gasteiger partial charge in [0.05, 0.1) is 7.11 Å². The molecule has 0 aliphatic rings. The van der Waals surface area contributed by atoms with Crippen molar-refractivity contribution in [2.45, 2.75) is 13.1 Å². The maximum absolute atomic E-state index is 5.12. The van der Waals surface area contributed by atoms with Crippen LogP contribution in [0.1, 0.15) is 10.4 Å². The summed E-state index contributed by atoms with van der Waals surface area (Å²) in [6.45, 7) is 1.79. The molecule has 0 spiro atoms. The zero-order chi connectivity index (χ0) is 13.9. The van der Waals surface area contributed by atoms with Gasteiger partial charge in [-0.2, -0.15) is 4.37 Å². The summed E-state index contributed by atoms with van der Waals surface area (Å²) in [5.74, 6) is 0.700. The highest BCUT2D eigenvalue weighted by atomic mass is 32.1. The molecule has 1 aromatic carbocycles. The average Bonchev–Trinajstić information content (AvgIpc) is 3.07. The summed E-state index contributed by atoms with van der Waals surface area (Å²) in [6, 6.07) is 10.5. The lowest BCUT2D eigenvalue weighted by molar-refractivity contribution is 0.322. The van der Waals surface area contributed by atoms with Crippen molar-refractivity contribution in [2.75, 3.05) is 14.2 Å². The minimum atomic E-state index is 0.700. The van der Waals surface area contributed by atoms with Crippen molar-refractivity contribution in [1.82, 2.24) is 14.3 Å². The Labute approximate surface area is 122 Å². The maximum Gasteiger partial charge on any atom is 0.225 e. The summed E-state index contributed by atoms with van der Waals surface area (Å²) in [4.78, 5) is 6.75. The van der Waals surface area contributed by atoms with Crippen molar-refractivity contribution in [3.63, 3.8) is 0 Å². The first-order valence-electron chi connectivity index (χ1n) is 6.49. The Balaban J connectivity index is 1.72. The molecule has 0 atom stereocenters.